The molecule has 1 aliphatic rings. The molecular formula is C4H5FN2. The fraction of sp³-hybridized carbons (Fsp3) is 0.250. The summed E-state index contributed by atoms with van der Waals surface area (Å²) in [5, 5.41) is 0. The molecule has 38 valence electrons. The third-order valence-electron chi connectivity index (χ3n) is 0.773. The summed E-state index contributed by atoms with van der Waals surface area (Å²) in [6.45, 7) is 0.325. The van der Waals surface area contributed by atoms with Crippen molar-refractivity contribution in [3.8, 4) is 0 Å². The number of rotatable bonds is 0. The Morgan fingerprint density at radius 1 is 1.86 bits per heavy atom. The van der Waals surface area contributed by atoms with Gasteiger partial charge in [0.1, 0.15) is 0 Å². The van der Waals surface area contributed by atoms with Gasteiger partial charge in [-0.15, -0.1) is 0 Å². The molecule has 0 saturated heterocycles. The molecule has 1 rings (SSSR count). The number of nitrogens with two attached hydrogens (primary N) is 1. The predicted octanol–water partition coefficient (Wildman–Crippen LogP) is 0.211. The van der Waals surface area contributed by atoms with Crippen LogP contribution in [0.4, 0.5) is 4.39 Å². The summed E-state index contributed by atoms with van der Waals surface area (Å²) in [4.78, 5) is 3.55. The molecule has 3 heteroatoms. The first-order valence-corrected chi connectivity index (χ1v) is 1.94. The van der Waals surface area contributed by atoms with Crippen LogP contribution in [0.15, 0.2) is 16.5 Å². The van der Waals surface area contributed by atoms with Crippen LogP contribution >= 0.6 is 0 Å². The van der Waals surface area contributed by atoms with Gasteiger partial charge in [-0.1, -0.05) is 0 Å². The van der Waals surface area contributed by atoms with Crippen molar-refractivity contribution >= 4 is 6.21 Å². The molecule has 1 aliphatic heterocycles. The highest BCUT2D eigenvalue weighted by molar-refractivity contribution is 5.79. The number of nitrogens with zero attached hydrogens (tertiary/aromatic N) is 1. The number of halogens is 1. The zero-order chi connectivity index (χ0) is 5.28. The minimum absolute atomic E-state index is 0.236. The van der Waals surface area contributed by atoms with Gasteiger partial charge in [0.2, 0.25) is 0 Å². The lowest BCUT2D eigenvalue weighted by molar-refractivity contribution is 0.676. The molecule has 0 unspecified atom stereocenters. The molecule has 2 nitrogen and oxygen atoms in total. The van der Waals surface area contributed by atoms with Gasteiger partial charge in [0.05, 0.1) is 18.5 Å². The van der Waals surface area contributed by atoms with Crippen LogP contribution in [0.5, 0.6) is 0 Å². The summed E-state index contributed by atoms with van der Waals surface area (Å²) in [7, 11) is 0. The van der Waals surface area contributed by atoms with Crippen molar-refractivity contribution in [2.24, 2.45) is 10.7 Å². The first-order chi connectivity index (χ1) is 3.30. The van der Waals surface area contributed by atoms with E-state index in [-0.39, 0.29) is 11.5 Å². The summed E-state index contributed by atoms with van der Waals surface area (Å²) >= 11 is 0. The number of hydrogen-bond acceptors (Lipinski definition) is 2. The lowest BCUT2D eigenvalue weighted by Gasteiger charge is -1.83. The van der Waals surface area contributed by atoms with E-state index in [9.17, 15) is 4.39 Å². The van der Waals surface area contributed by atoms with Gasteiger partial charge in [-0.3, -0.25) is 4.99 Å². The molecule has 1 heterocycles. The van der Waals surface area contributed by atoms with Gasteiger partial charge in [-0.2, -0.15) is 0 Å². The first kappa shape index (κ1) is 4.30. The molecule has 0 saturated carbocycles. The maximum atomic E-state index is 11.9. The highest BCUT2D eigenvalue weighted by Crippen LogP contribution is 2.03. The van der Waals surface area contributed by atoms with E-state index in [1.54, 1.807) is 0 Å². The third-order valence-corrected chi connectivity index (χ3v) is 0.773. The topological polar surface area (TPSA) is 38.4 Å². The molecule has 0 spiro atoms. The Bertz CT molecular complexity index is 137. The minimum atomic E-state index is -0.389. The molecular weight excluding hydrogens is 95.1 g/mol. The van der Waals surface area contributed by atoms with Crippen molar-refractivity contribution in [1.29, 1.82) is 0 Å². The van der Waals surface area contributed by atoms with Crippen LogP contribution in [0.25, 0.3) is 0 Å². The van der Waals surface area contributed by atoms with Crippen molar-refractivity contribution in [2.45, 2.75) is 0 Å². The molecule has 0 amide bonds. The van der Waals surface area contributed by atoms with Gasteiger partial charge in [0, 0.05) is 0 Å². The summed E-state index contributed by atoms with van der Waals surface area (Å²) in [5.74, 6) is -0.389. The smallest absolute Gasteiger partial charge is 0.161 e. The SMILES string of the molecule is NC1=C(F)C=NC1. The monoisotopic (exact) mass is 100 g/mol. The van der Waals surface area contributed by atoms with Crippen LogP contribution in [0.3, 0.4) is 0 Å². The second-order valence-electron chi connectivity index (χ2n) is 1.34. The summed E-state index contributed by atoms with van der Waals surface area (Å²) < 4.78 is 11.9. The van der Waals surface area contributed by atoms with Crippen molar-refractivity contribution in [3.05, 3.63) is 11.5 Å². The average molecular weight is 100 g/mol. The lowest BCUT2D eigenvalue weighted by atomic mass is 10.4. The largest absolute Gasteiger partial charge is 0.398 e. The molecule has 7 heavy (non-hydrogen) atoms. The summed E-state index contributed by atoms with van der Waals surface area (Å²) in [6, 6.07) is 0. The zero-order valence-corrected chi connectivity index (χ0v) is 3.69. The van der Waals surface area contributed by atoms with E-state index in [1.807, 2.05) is 0 Å². The normalized spacial score (nSPS) is 19.0. The predicted molar refractivity (Wildman–Crippen MR) is 25.7 cm³/mol. The molecule has 0 aromatic rings. The van der Waals surface area contributed by atoms with Crippen molar-refractivity contribution < 1.29 is 4.39 Å². The van der Waals surface area contributed by atoms with E-state index in [0.29, 0.717) is 6.54 Å². The van der Waals surface area contributed by atoms with E-state index in [2.05, 4.69) is 4.99 Å². The van der Waals surface area contributed by atoms with Gasteiger partial charge in [0.15, 0.2) is 5.83 Å². The average Bonchev–Trinajstić information content (AvgIpc) is 1.91. The van der Waals surface area contributed by atoms with Crippen LogP contribution in [0.1, 0.15) is 0 Å². The first-order valence-electron chi connectivity index (χ1n) is 1.94. The summed E-state index contributed by atoms with van der Waals surface area (Å²) in [5.41, 5.74) is 5.29. The third kappa shape index (κ3) is 0.607. The highest BCUT2D eigenvalue weighted by Gasteiger charge is 2.02. The molecule has 0 atom stereocenters. The quantitative estimate of drug-likeness (QED) is 0.464. The van der Waals surface area contributed by atoms with Crippen molar-refractivity contribution in [1.82, 2.24) is 0 Å². The molecule has 2 N–H and O–H groups in total. The van der Waals surface area contributed by atoms with Gasteiger partial charge in [0.25, 0.3) is 0 Å². The standard InChI is InChI=1S/C4H5FN2/c5-3-1-7-2-4(3)6/h1H,2,6H2. The Kier molecular flexibility index (Phi) is 0.817. The number of allylic oxidation sites excluding steroid dienone is 1. The van der Waals surface area contributed by atoms with E-state index in [4.69, 9.17) is 5.73 Å². The van der Waals surface area contributed by atoms with Gasteiger partial charge in [-0.25, -0.2) is 4.39 Å². The van der Waals surface area contributed by atoms with E-state index in [1.165, 1.54) is 0 Å². The maximum Gasteiger partial charge on any atom is 0.161 e. The molecule has 0 bridgehead atoms. The minimum Gasteiger partial charge on any atom is -0.398 e. The van der Waals surface area contributed by atoms with Crippen LogP contribution in [-0.4, -0.2) is 12.8 Å². The molecule has 0 aliphatic carbocycles. The maximum absolute atomic E-state index is 11.9. The second-order valence-corrected chi connectivity index (χ2v) is 1.34. The molecule has 0 aromatic heterocycles. The Balaban J connectivity index is 2.79. The van der Waals surface area contributed by atoms with Gasteiger partial charge in [-0.05, 0) is 0 Å². The Hall–Kier alpha value is -0.860. The van der Waals surface area contributed by atoms with E-state index >= 15 is 0 Å². The van der Waals surface area contributed by atoms with Crippen molar-refractivity contribution in [3.63, 3.8) is 0 Å². The second kappa shape index (κ2) is 1.33. The molecule has 0 fully saturated rings. The van der Waals surface area contributed by atoms with Crippen LogP contribution < -0.4 is 5.73 Å². The number of aliphatic imine (C=N–C) groups is 1. The zero-order valence-electron chi connectivity index (χ0n) is 3.69. The Labute approximate surface area is 40.5 Å². The number of hydrogen-bond donors (Lipinski definition) is 1. The van der Waals surface area contributed by atoms with Crippen molar-refractivity contribution in [2.75, 3.05) is 6.54 Å². The van der Waals surface area contributed by atoms with Gasteiger partial charge >= 0.3 is 0 Å². The summed E-state index contributed by atoms with van der Waals surface area (Å²) in [6.07, 6.45) is 1.13. The van der Waals surface area contributed by atoms with Gasteiger partial charge < -0.3 is 5.73 Å². The molecule has 0 aromatic carbocycles. The fourth-order valence-electron chi connectivity index (χ4n) is 0.383. The molecule has 0 radical (unpaired) electrons. The Morgan fingerprint density at radius 3 is 2.71 bits per heavy atom. The van der Waals surface area contributed by atoms with Crippen LogP contribution in [-0.2, 0) is 0 Å². The van der Waals surface area contributed by atoms with Crippen LogP contribution in [0.2, 0.25) is 0 Å². The van der Waals surface area contributed by atoms with E-state index in [0.717, 1.165) is 6.21 Å². The fourth-order valence-corrected chi connectivity index (χ4v) is 0.383. The highest BCUT2D eigenvalue weighted by atomic mass is 19.1. The van der Waals surface area contributed by atoms with Crippen LogP contribution in [0, 0.1) is 0 Å². The Morgan fingerprint density at radius 2 is 2.57 bits per heavy atom. The lowest BCUT2D eigenvalue weighted by Crippen LogP contribution is -1.98. The van der Waals surface area contributed by atoms with E-state index < -0.39 is 0 Å².